The molecule has 0 atom stereocenters. The first-order valence-electron chi connectivity index (χ1n) is 1.13. The van der Waals surface area contributed by atoms with Gasteiger partial charge in [0.1, 0.15) is 0 Å². The smallest absolute Gasteiger partial charge is 0.0850 e. The van der Waals surface area contributed by atoms with Gasteiger partial charge >= 0.3 is 8.25 Å². The Morgan fingerprint density at radius 1 is 1.50 bits per heavy atom. The van der Waals surface area contributed by atoms with Gasteiger partial charge in [-0.15, -0.1) is 0 Å². The molecule has 0 aromatic carbocycles. The molecule has 0 saturated carbocycles. The summed E-state index contributed by atoms with van der Waals surface area (Å²) in [4.78, 5) is 0. The van der Waals surface area contributed by atoms with E-state index in [0.717, 1.165) is 0 Å². The van der Waals surface area contributed by atoms with Gasteiger partial charge in [-0.25, -0.2) is 0 Å². The van der Waals surface area contributed by atoms with E-state index in [1.807, 2.05) is 0 Å². The van der Waals surface area contributed by atoms with Gasteiger partial charge in [-0.05, 0) is 0 Å². The van der Waals surface area contributed by atoms with E-state index in [1.165, 1.54) is 0 Å². The summed E-state index contributed by atoms with van der Waals surface area (Å²) in [5, 5.41) is 0. The molecule has 6 heavy (non-hydrogen) atoms. The molecule has 1 aliphatic rings. The third kappa shape index (κ3) is 1.65. The molecule has 3 nitrogen and oxygen atoms in total. The Hall–Kier alpha value is 1.02. The SMILES string of the molecule is O=[P+]1OCO1.[Na]. The predicted molar refractivity (Wildman–Crippen MR) is 20.4 cm³/mol. The summed E-state index contributed by atoms with van der Waals surface area (Å²) in [5.74, 6) is 0. The summed E-state index contributed by atoms with van der Waals surface area (Å²) in [6.07, 6.45) is 0. The van der Waals surface area contributed by atoms with Crippen LogP contribution in [0.15, 0.2) is 0 Å². The molecule has 0 bridgehead atoms. The van der Waals surface area contributed by atoms with Gasteiger partial charge in [-0.1, -0.05) is 9.05 Å². The molecule has 0 aromatic heterocycles. The summed E-state index contributed by atoms with van der Waals surface area (Å²) in [7, 11) is -1.67. The van der Waals surface area contributed by atoms with Crippen molar-refractivity contribution >= 4 is 37.8 Å². The van der Waals surface area contributed by atoms with E-state index in [2.05, 4.69) is 9.05 Å². The standard InChI is InChI=1S/CH2O3P.Na/c2-5-3-1-4-5;/h1H2;/q+1;. The zero-order chi connectivity index (χ0) is 3.70. The van der Waals surface area contributed by atoms with E-state index in [-0.39, 0.29) is 36.4 Å². The maximum atomic E-state index is 9.60. The Bertz CT molecular complexity index is 57.8. The zero-order valence-corrected chi connectivity index (χ0v) is 6.27. The molecular formula is CH2NaO3P+. The second-order valence-corrected chi connectivity index (χ2v) is 1.56. The first-order chi connectivity index (χ1) is 2.39. The Labute approximate surface area is 58.3 Å². The molecule has 0 N–H and O–H groups in total. The predicted octanol–water partition coefficient (Wildman–Crippen LogP) is 0.267. The van der Waals surface area contributed by atoms with Crippen LogP contribution in [-0.4, -0.2) is 36.4 Å². The minimum Gasteiger partial charge on any atom is -0.0850 e. The summed E-state index contributed by atoms with van der Waals surface area (Å²) in [6.45, 7) is 0.204. The number of hydrogen-bond donors (Lipinski definition) is 0. The second kappa shape index (κ2) is 3.08. The van der Waals surface area contributed by atoms with Crippen LogP contribution in [0.4, 0.5) is 0 Å². The molecule has 0 amide bonds. The van der Waals surface area contributed by atoms with Crippen LogP contribution < -0.4 is 0 Å². The number of rotatable bonds is 0. The van der Waals surface area contributed by atoms with Crippen LogP contribution in [0.1, 0.15) is 0 Å². The average Bonchev–Trinajstić information content (AvgIpc) is 1.30. The fraction of sp³-hybridized carbons (Fsp3) is 1.00. The fourth-order valence-corrected chi connectivity index (χ4v) is 0.287. The van der Waals surface area contributed by atoms with Crippen LogP contribution in [0.3, 0.4) is 0 Å². The van der Waals surface area contributed by atoms with E-state index in [4.69, 9.17) is 0 Å². The van der Waals surface area contributed by atoms with Crippen LogP contribution in [0.25, 0.3) is 0 Å². The Kier molecular flexibility index (Phi) is 3.60. The maximum Gasteiger partial charge on any atom is 0.702 e. The molecule has 5 heteroatoms. The van der Waals surface area contributed by atoms with E-state index in [0.29, 0.717) is 0 Å². The zero-order valence-electron chi connectivity index (χ0n) is 3.38. The largest absolute Gasteiger partial charge is 0.702 e. The topological polar surface area (TPSA) is 35.5 Å². The molecule has 1 aliphatic heterocycles. The summed E-state index contributed by atoms with van der Waals surface area (Å²) in [5.41, 5.74) is 0. The van der Waals surface area contributed by atoms with Crippen LogP contribution >= 0.6 is 8.25 Å². The van der Waals surface area contributed by atoms with E-state index < -0.39 is 8.25 Å². The van der Waals surface area contributed by atoms with Crippen molar-refractivity contribution in [2.45, 2.75) is 0 Å². The van der Waals surface area contributed by atoms with Crippen molar-refractivity contribution in [2.24, 2.45) is 0 Å². The Morgan fingerprint density at radius 3 is 1.83 bits per heavy atom. The van der Waals surface area contributed by atoms with Crippen LogP contribution in [0, 0.1) is 0 Å². The molecule has 0 aromatic rings. The molecule has 29 valence electrons. The van der Waals surface area contributed by atoms with Gasteiger partial charge in [0.2, 0.25) is 0 Å². The second-order valence-electron chi connectivity index (χ2n) is 0.600. The Balaban J connectivity index is 0.000000250. The molecular weight excluding hydrogens is 114 g/mol. The Morgan fingerprint density at radius 2 is 1.83 bits per heavy atom. The van der Waals surface area contributed by atoms with Crippen molar-refractivity contribution < 1.29 is 13.6 Å². The van der Waals surface area contributed by atoms with Gasteiger partial charge in [-0.3, -0.25) is 0 Å². The molecule has 1 saturated heterocycles. The van der Waals surface area contributed by atoms with Gasteiger partial charge in [0.25, 0.3) is 6.79 Å². The molecule has 1 heterocycles. The minimum absolute atomic E-state index is 0. The molecule has 1 rings (SSSR count). The van der Waals surface area contributed by atoms with Gasteiger partial charge in [0.05, 0.1) is 0 Å². The van der Waals surface area contributed by atoms with Crippen molar-refractivity contribution in [3.63, 3.8) is 0 Å². The maximum absolute atomic E-state index is 9.60. The van der Waals surface area contributed by atoms with Gasteiger partial charge in [-0.2, -0.15) is 0 Å². The van der Waals surface area contributed by atoms with Crippen molar-refractivity contribution in [1.29, 1.82) is 0 Å². The fourth-order valence-electron chi connectivity index (χ4n) is 0.0957. The third-order valence-electron chi connectivity index (χ3n) is 0.316. The third-order valence-corrected chi connectivity index (χ3v) is 0.949. The number of hydrogen-bond acceptors (Lipinski definition) is 3. The van der Waals surface area contributed by atoms with Crippen molar-refractivity contribution in [3.8, 4) is 0 Å². The monoisotopic (exact) mass is 116 g/mol. The average molecular weight is 116 g/mol. The van der Waals surface area contributed by atoms with Gasteiger partial charge < -0.3 is 0 Å². The van der Waals surface area contributed by atoms with Crippen molar-refractivity contribution in [2.75, 3.05) is 6.79 Å². The van der Waals surface area contributed by atoms with Crippen LogP contribution in [0.2, 0.25) is 0 Å². The van der Waals surface area contributed by atoms with E-state index in [1.54, 1.807) is 0 Å². The van der Waals surface area contributed by atoms with Gasteiger partial charge in [0, 0.05) is 34.1 Å². The summed E-state index contributed by atoms with van der Waals surface area (Å²) >= 11 is 0. The summed E-state index contributed by atoms with van der Waals surface area (Å²) in [6, 6.07) is 0. The molecule has 0 unspecified atom stereocenters. The van der Waals surface area contributed by atoms with Crippen molar-refractivity contribution in [3.05, 3.63) is 0 Å². The summed E-state index contributed by atoms with van der Waals surface area (Å²) < 4.78 is 18.0. The van der Waals surface area contributed by atoms with Crippen LogP contribution in [-0.2, 0) is 13.6 Å². The first-order valence-corrected chi connectivity index (χ1v) is 2.22. The van der Waals surface area contributed by atoms with E-state index >= 15 is 0 Å². The van der Waals surface area contributed by atoms with Crippen LogP contribution in [0.5, 0.6) is 0 Å². The minimum atomic E-state index is -1.67. The normalized spacial score (nSPS) is 18.3. The molecule has 0 aliphatic carbocycles. The molecule has 1 fully saturated rings. The van der Waals surface area contributed by atoms with Crippen molar-refractivity contribution in [1.82, 2.24) is 0 Å². The van der Waals surface area contributed by atoms with E-state index in [9.17, 15) is 4.57 Å². The molecule has 1 radical (unpaired) electrons. The van der Waals surface area contributed by atoms with Gasteiger partial charge in [0.15, 0.2) is 0 Å². The molecule has 0 spiro atoms. The quantitative estimate of drug-likeness (QED) is 0.336. The first kappa shape index (κ1) is 7.02.